The van der Waals surface area contributed by atoms with Gasteiger partial charge in [-0.3, -0.25) is 9.59 Å². The van der Waals surface area contributed by atoms with Crippen LogP contribution in [-0.4, -0.2) is 25.5 Å². The van der Waals surface area contributed by atoms with Gasteiger partial charge in [0.05, 0.1) is 7.11 Å². The minimum atomic E-state index is -1.17. The van der Waals surface area contributed by atoms with Gasteiger partial charge in [-0.25, -0.2) is 0 Å². The highest BCUT2D eigenvalue weighted by Crippen LogP contribution is 2.21. The number of rotatable bonds is 7. The Balaban J connectivity index is 1.92. The van der Waals surface area contributed by atoms with Crippen molar-refractivity contribution >= 4 is 17.5 Å². The van der Waals surface area contributed by atoms with Crippen molar-refractivity contribution in [3.8, 4) is 5.75 Å². The van der Waals surface area contributed by atoms with E-state index < -0.39 is 5.41 Å². The van der Waals surface area contributed by atoms with E-state index in [1.807, 2.05) is 56.3 Å². The molecule has 2 rings (SSSR count). The van der Waals surface area contributed by atoms with Crippen molar-refractivity contribution in [3.63, 3.8) is 0 Å². The minimum Gasteiger partial charge on any atom is -0.497 e. The second kappa shape index (κ2) is 8.71. The molecule has 27 heavy (non-hydrogen) atoms. The normalized spacial score (nSPS) is 11.0. The first kappa shape index (κ1) is 20.5. The molecular formula is C22H28N2O3. The zero-order chi connectivity index (χ0) is 20.0. The number of benzene rings is 2. The molecule has 0 aliphatic rings. The summed E-state index contributed by atoms with van der Waals surface area (Å²) in [6.07, 6.45) is 0.664. The largest absolute Gasteiger partial charge is 0.497 e. The molecule has 0 heterocycles. The van der Waals surface area contributed by atoms with Crippen molar-refractivity contribution in [3.05, 3.63) is 59.2 Å². The van der Waals surface area contributed by atoms with Crippen LogP contribution >= 0.6 is 0 Å². The summed E-state index contributed by atoms with van der Waals surface area (Å²) in [5.74, 6) is 0.156. The molecule has 2 amide bonds. The van der Waals surface area contributed by atoms with Gasteiger partial charge in [0.25, 0.3) is 0 Å². The van der Waals surface area contributed by atoms with Gasteiger partial charge in [-0.15, -0.1) is 0 Å². The first-order valence-electron chi connectivity index (χ1n) is 9.04. The molecule has 0 spiro atoms. The number of nitrogens with one attached hydrogen (secondary N) is 2. The standard InChI is InChI=1S/C22H28N2O3/c1-15-9-10-18(13-16(15)2)24-21(26)22(3,4)20(25)23-12-11-17-7-6-8-19(14-17)27-5/h6-10,13-14H,11-12H2,1-5H3,(H,23,25)(H,24,26). The first-order chi connectivity index (χ1) is 12.7. The Labute approximate surface area is 161 Å². The molecule has 0 saturated carbocycles. The Hall–Kier alpha value is -2.82. The predicted molar refractivity (Wildman–Crippen MR) is 108 cm³/mol. The van der Waals surface area contributed by atoms with E-state index in [1.165, 1.54) is 0 Å². The Bertz CT molecular complexity index is 828. The Morgan fingerprint density at radius 1 is 1.00 bits per heavy atom. The lowest BCUT2D eigenvalue weighted by Gasteiger charge is -2.23. The smallest absolute Gasteiger partial charge is 0.239 e. The van der Waals surface area contributed by atoms with Gasteiger partial charge >= 0.3 is 0 Å². The van der Waals surface area contributed by atoms with Crippen molar-refractivity contribution in [2.24, 2.45) is 5.41 Å². The SMILES string of the molecule is COc1cccc(CCNC(=O)C(C)(C)C(=O)Nc2ccc(C)c(C)c2)c1. The lowest BCUT2D eigenvalue weighted by Crippen LogP contribution is -2.45. The van der Waals surface area contributed by atoms with E-state index in [-0.39, 0.29) is 11.8 Å². The molecule has 0 aromatic heterocycles. The van der Waals surface area contributed by atoms with E-state index in [0.29, 0.717) is 18.7 Å². The zero-order valence-electron chi connectivity index (χ0n) is 16.7. The van der Waals surface area contributed by atoms with Gasteiger partial charge < -0.3 is 15.4 Å². The first-order valence-corrected chi connectivity index (χ1v) is 9.04. The highest BCUT2D eigenvalue weighted by atomic mass is 16.5. The maximum absolute atomic E-state index is 12.6. The molecule has 0 fully saturated rings. The van der Waals surface area contributed by atoms with Crippen LogP contribution in [0.3, 0.4) is 0 Å². The summed E-state index contributed by atoms with van der Waals surface area (Å²) < 4.78 is 5.20. The molecule has 0 saturated heterocycles. The third-order valence-corrected chi connectivity index (χ3v) is 4.73. The fraction of sp³-hybridized carbons (Fsp3) is 0.364. The Kier molecular flexibility index (Phi) is 6.61. The summed E-state index contributed by atoms with van der Waals surface area (Å²) in [7, 11) is 1.62. The number of ether oxygens (including phenoxy) is 1. The minimum absolute atomic E-state index is 0.299. The van der Waals surface area contributed by atoms with Gasteiger partial charge in [-0.05, 0) is 75.1 Å². The van der Waals surface area contributed by atoms with Crippen LogP contribution in [0.5, 0.6) is 5.75 Å². The second-order valence-electron chi connectivity index (χ2n) is 7.24. The molecule has 0 atom stereocenters. The highest BCUT2D eigenvalue weighted by molar-refractivity contribution is 6.09. The number of hydrogen-bond acceptors (Lipinski definition) is 3. The topological polar surface area (TPSA) is 67.4 Å². The molecule has 0 bridgehead atoms. The van der Waals surface area contributed by atoms with Crippen molar-refractivity contribution < 1.29 is 14.3 Å². The molecule has 2 aromatic carbocycles. The number of aryl methyl sites for hydroxylation is 2. The van der Waals surface area contributed by atoms with Crippen LogP contribution in [0, 0.1) is 19.3 Å². The quantitative estimate of drug-likeness (QED) is 0.733. The molecule has 0 aliphatic carbocycles. The van der Waals surface area contributed by atoms with E-state index in [9.17, 15) is 9.59 Å². The molecule has 5 nitrogen and oxygen atoms in total. The fourth-order valence-corrected chi connectivity index (χ4v) is 2.58. The third kappa shape index (κ3) is 5.33. The molecule has 2 aromatic rings. The van der Waals surface area contributed by atoms with Crippen molar-refractivity contribution in [2.45, 2.75) is 34.1 Å². The third-order valence-electron chi connectivity index (χ3n) is 4.73. The number of anilines is 1. The molecule has 2 N–H and O–H groups in total. The molecular weight excluding hydrogens is 340 g/mol. The van der Waals surface area contributed by atoms with E-state index >= 15 is 0 Å². The Morgan fingerprint density at radius 2 is 1.74 bits per heavy atom. The number of carbonyl (C=O) groups excluding carboxylic acids is 2. The molecule has 144 valence electrons. The maximum atomic E-state index is 12.6. The number of carbonyl (C=O) groups is 2. The monoisotopic (exact) mass is 368 g/mol. The van der Waals surface area contributed by atoms with E-state index in [1.54, 1.807) is 21.0 Å². The van der Waals surface area contributed by atoms with Gasteiger partial charge in [0.1, 0.15) is 11.2 Å². The number of hydrogen-bond donors (Lipinski definition) is 2. The van der Waals surface area contributed by atoms with Crippen LogP contribution in [0.2, 0.25) is 0 Å². The predicted octanol–water partition coefficient (Wildman–Crippen LogP) is 3.64. The van der Waals surface area contributed by atoms with Crippen LogP contribution < -0.4 is 15.4 Å². The van der Waals surface area contributed by atoms with Crippen LogP contribution in [0.4, 0.5) is 5.69 Å². The number of methoxy groups -OCH3 is 1. The summed E-state index contributed by atoms with van der Waals surface area (Å²) in [6.45, 7) is 7.71. The van der Waals surface area contributed by atoms with Gasteiger partial charge in [0.2, 0.25) is 11.8 Å². The summed E-state index contributed by atoms with van der Waals surface area (Å²) in [5.41, 5.74) is 2.83. The van der Waals surface area contributed by atoms with Crippen molar-refractivity contribution in [1.29, 1.82) is 0 Å². The Morgan fingerprint density at radius 3 is 2.41 bits per heavy atom. The molecule has 0 unspecified atom stereocenters. The summed E-state index contributed by atoms with van der Waals surface area (Å²) in [5, 5.41) is 5.69. The highest BCUT2D eigenvalue weighted by Gasteiger charge is 2.35. The average Bonchev–Trinajstić information content (AvgIpc) is 2.64. The molecule has 0 radical (unpaired) electrons. The van der Waals surface area contributed by atoms with E-state index in [0.717, 1.165) is 22.4 Å². The van der Waals surface area contributed by atoms with Crippen LogP contribution in [-0.2, 0) is 16.0 Å². The molecule has 0 aliphatic heterocycles. The average molecular weight is 368 g/mol. The van der Waals surface area contributed by atoms with Gasteiger partial charge in [-0.1, -0.05) is 18.2 Å². The lowest BCUT2D eigenvalue weighted by molar-refractivity contribution is -0.138. The second-order valence-corrected chi connectivity index (χ2v) is 7.24. The van der Waals surface area contributed by atoms with E-state index in [2.05, 4.69) is 10.6 Å². The number of amides is 2. The van der Waals surface area contributed by atoms with Crippen LogP contribution in [0.1, 0.15) is 30.5 Å². The van der Waals surface area contributed by atoms with Crippen molar-refractivity contribution in [2.75, 3.05) is 19.0 Å². The summed E-state index contributed by atoms with van der Waals surface area (Å²) >= 11 is 0. The fourth-order valence-electron chi connectivity index (χ4n) is 2.58. The lowest BCUT2D eigenvalue weighted by atomic mass is 9.90. The van der Waals surface area contributed by atoms with E-state index in [4.69, 9.17) is 4.74 Å². The van der Waals surface area contributed by atoms with Gasteiger partial charge in [-0.2, -0.15) is 0 Å². The molecule has 5 heteroatoms. The van der Waals surface area contributed by atoms with Crippen LogP contribution in [0.25, 0.3) is 0 Å². The summed E-state index contributed by atoms with van der Waals surface area (Å²) in [4.78, 5) is 25.1. The van der Waals surface area contributed by atoms with Gasteiger partial charge in [0, 0.05) is 12.2 Å². The maximum Gasteiger partial charge on any atom is 0.239 e. The van der Waals surface area contributed by atoms with Gasteiger partial charge in [0.15, 0.2) is 0 Å². The van der Waals surface area contributed by atoms with Crippen molar-refractivity contribution in [1.82, 2.24) is 5.32 Å². The van der Waals surface area contributed by atoms with Crippen LogP contribution in [0.15, 0.2) is 42.5 Å². The zero-order valence-corrected chi connectivity index (χ0v) is 16.7. The summed E-state index contributed by atoms with van der Waals surface area (Å²) in [6, 6.07) is 13.4.